The molecule has 1 N–H and O–H groups in total. The van der Waals surface area contributed by atoms with Gasteiger partial charge < -0.3 is 10.1 Å². The minimum atomic E-state index is 0.264. The first-order chi connectivity index (χ1) is 8.39. The van der Waals surface area contributed by atoms with E-state index in [-0.39, 0.29) is 5.41 Å². The van der Waals surface area contributed by atoms with Crippen LogP contribution in [-0.4, -0.2) is 19.2 Å². The van der Waals surface area contributed by atoms with Crippen molar-refractivity contribution in [2.24, 2.45) is 5.41 Å². The number of benzene rings is 1. The largest absolute Gasteiger partial charge is 0.494 e. The molecule has 0 aromatic heterocycles. The molecule has 0 aliphatic heterocycles. The molecule has 0 spiro atoms. The minimum Gasteiger partial charge on any atom is -0.494 e. The molecular formula is C15H24BrNO. The predicted octanol–water partition coefficient (Wildman–Crippen LogP) is 4.24. The predicted molar refractivity (Wildman–Crippen MR) is 81.2 cm³/mol. The van der Waals surface area contributed by atoms with Crippen molar-refractivity contribution in [1.82, 2.24) is 5.32 Å². The van der Waals surface area contributed by atoms with E-state index in [2.05, 4.69) is 48.9 Å². The fourth-order valence-electron chi connectivity index (χ4n) is 1.54. The Kier molecular flexibility index (Phi) is 6.16. The van der Waals surface area contributed by atoms with E-state index < -0.39 is 0 Å². The Morgan fingerprint density at radius 3 is 2.39 bits per heavy atom. The van der Waals surface area contributed by atoms with Gasteiger partial charge in [0.25, 0.3) is 0 Å². The third kappa shape index (κ3) is 6.41. The smallest absolute Gasteiger partial charge is 0.119 e. The SMILES string of the molecule is CC(C)NCC(C)(C)CCOc1ccc(Br)cc1. The molecule has 0 atom stereocenters. The van der Waals surface area contributed by atoms with Gasteiger partial charge in [0, 0.05) is 17.1 Å². The van der Waals surface area contributed by atoms with E-state index in [4.69, 9.17) is 4.74 Å². The fourth-order valence-corrected chi connectivity index (χ4v) is 1.81. The minimum absolute atomic E-state index is 0.264. The second-order valence-electron chi connectivity index (χ2n) is 5.75. The first-order valence-electron chi connectivity index (χ1n) is 6.51. The summed E-state index contributed by atoms with van der Waals surface area (Å²) in [6.45, 7) is 10.7. The van der Waals surface area contributed by atoms with Crippen LogP contribution in [0.1, 0.15) is 34.1 Å². The summed E-state index contributed by atoms with van der Waals surface area (Å²) in [5, 5.41) is 3.48. The molecule has 3 heteroatoms. The van der Waals surface area contributed by atoms with Gasteiger partial charge in [0.05, 0.1) is 6.61 Å². The highest BCUT2D eigenvalue weighted by Gasteiger charge is 2.17. The molecule has 0 aliphatic rings. The van der Waals surface area contributed by atoms with Gasteiger partial charge in [-0.1, -0.05) is 43.6 Å². The van der Waals surface area contributed by atoms with Crippen molar-refractivity contribution in [3.05, 3.63) is 28.7 Å². The first kappa shape index (κ1) is 15.5. The van der Waals surface area contributed by atoms with Crippen LogP contribution in [0.5, 0.6) is 5.75 Å². The van der Waals surface area contributed by atoms with Gasteiger partial charge in [0.1, 0.15) is 5.75 Å². The van der Waals surface area contributed by atoms with Gasteiger partial charge in [-0.25, -0.2) is 0 Å². The van der Waals surface area contributed by atoms with Crippen molar-refractivity contribution in [1.29, 1.82) is 0 Å². The fraction of sp³-hybridized carbons (Fsp3) is 0.600. The molecule has 0 saturated carbocycles. The molecule has 0 heterocycles. The Morgan fingerprint density at radius 2 is 1.83 bits per heavy atom. The number of nitrogens with one attached hydrogen (secondary N) is 1. The summed E-state index contributed by atoms with van der Waals surface area (Å²) in [5.41, 5.74) is 0.264. The van der Waals surface area contributed by atoms with Crippen LogP contribution in [0.3, 0.4) is 0 Å². The zero-order valence-corrected chi connectivity index (χ0v) is 13.4. The number of halogens is 1. The Hall–Kier alpha value is -0.540. The zero-order valence-electron chi connectivity index (χ0n) is 11.8. The van der Waals surface area contributed by atoms with Gasteiger partial charge in [0.15, 0.2) is 0 Å². The van der Waals surface area contributed by atoms with Crippen LogP contribution in [-0.2, 0) is 0 Å². The molecule has 0 amide bonds. The highest BCUT2D eigenvalue weighted by molar-refractivity contribution is 9.10. The lowest BCUT2D eigenvalue weighted by Gasteiger charge is -2.26. The van der Waals surface area contributed by atoms with Crippen LogP contribution in [0.2, 0.25) is 0 Å². The lowest BCUT2D eigenvalue weighted by Crippen LogP contribution is -2.34. The maximum atomic E-state index is 5.76. The molecule has 18 heavy (non-hydrogen) atoms. The first-order valence-corrected chi connectivity index (χ1v) is 7.30. The summed E-state index contributed by atoms with van der Waals surface area (Å²) < 4.78 is 6.83. The second-order valence-corrected chi connectivity index (χ2v) is 6.67. The molecule has 0 unspecified atom stereocenters. The monoisotopic (exact) mass is 313 g/mol. The Balaban J connectivity index is 2.29. The average Bonchev–Trinajstić information content (AvgIpc) is 2.29. The van der Waals surface area contributed by atoms with E-state index >= 15 is 0 Å². The van der Waals surface area contributed by atoms with Gasteiger partial charge >= 0.3 is 0 Å². The van der Waals surface area contributed by atoms with Crippen LogP contribution in [0, 0.1) is 5.41 Å². The third-order valence-electron chi connectivity index (χ3n) is 2.85. The Bertz CT molecular complexity index is 346. The van der Waals surface area contributed by atoms with Gasteiger partial charge in [-0.3, -0.25) is 0 Å². The van der Waals surface area contributed by atoms with E-state index in [0.717, 1.165) is 29.8 Å². The quantitative estimate of drug-likeness (QED) is 0.813. The Morgan fingerprint density at radius 1 is 1.22 bits per heavy atom. The second kappa shape index (κ2) is 7.15. The van der Waals surface area contributed by atoms with Crippen LogP contribution >= 0.6 is 15.9 Å². The van der Waals surface area contributed by atoms with Gasteiger partial charge in [-0.2, -0.15) is 0 Å². The van der Waals surface area contributed by atoms with Crippen molar-refractivity contribution in [3.63, 3.8) is 0 Å². The summed E-state index contributed by atoms with van der Waals surface area (Å²) >= 11 is 3.42. The van der Waals surface area contributed by atoms with Crippen molar-refractivity contribution in [3.8, 4) is 5.75 Å². The number of hydrogen-bond acceptors (Lipinski definition) is 2. The molecular weight excluding hydrogens is 290 g/mol. The standard InChI is InChI=1S/C15H24BrNO/c1-12(2)17-11-15(3,4)9-10-18-14-7-5-13(16)6-8-14/h5-8,12,17H,9-11H2,1-4H3. The molecule has 0 saturated heterocycles. The molecule has 0 fully saturated rings. The number of ether oxygens (including phenoxy) is 1. The molecule has 2 nitrogen and oxygen atoms in total. The lowest BCUT2D eigenvalue weighted by molar-refractivity contribution is 0.219. The van der Waals surface area contributed by atoms with Crippen LogP contribution in [0.15, 0.2) is 28.7 Å². The van der Waals surface area contributed by atoms with Crippen molar-refractivity contribution < 1.29 is 4.74 Å². The molecule has 102 valence electrons. The molecule has 1 rings (SSSR count). The zero-order chi connectivity index (χ0) is 13.6. The van der Waals surface area contributed by atoms with Crippen molar-refractivity contribution in [2.75, 3.05) is 13.2 Å². The summed E-state index contributed by atoms with van der Waals surface area (Å²) in [6.07, 6.45) is 1.04. The van der Waals surface area contributed by atoms with Gasteiger partial charge in [0.2, 0.25) is 0 Å². The normalized spacial score (nSPS) is 11.9. The number of hydrogen-bond donors (Lipinski definition) is 1. The molecule has 1 aromatic carbocycles. The topological polar surface area (TPSA) is 21.3 Å². The summed E-state index contributed by atoms with van der Waals surface area (Å²) in [6, 6.07) is 8.52. The highest BCUT2D eigenvalue weighted by Crippen LogP contribution is 2.21. The van der Waals surface area contributed by atoms with E-state index in [1.165, 1.54) is 0 Å². The molecule has 1 aromatic rings. The highest BCUT2D eigenvalue weighted by atomic mass is 79.9. The van der Waals surface area contributed by atoms with Crippen LogP contribution in [0.25, 0.3) is 0 Å². The van der Waals surface area contributed by atoms with E-state index in [0.29, 0.717) is 6.04 Å². The third-order valence-corrected chi connectivity index (χ3v) is 3.38. The average molecular weight is 314 g/mol. The Labute approximate surface area is 119 Å². The molecule has 0 aliphatic carbocycles. The maximum Gasteiger partial charge on any atom is 0.119 e. The summed E-state index contributed by atoms with van der Waals surface area (Å²) in [7, 11) is 0. The van der Waals surface area contributed by atoms with E-state index in [1.807, 2.05) is 24.3 Å². The van der Waals surface area contributed by atoms with E-state index in [1.54, 1.807) is 0 Å². The van der Waals surface area contributed by atoms with Crippen LogP contribution in [0.4, 0.5) is 0 Å². The van der Waals surface area contributed by atoms with Gasteiger partial charge in [-0.05, 0) is 36.1 Å². The van der Waals surface area contributed by atoms with Crippen LogP contribution < -0.4 is 10.1 Å². The summed E-state index contributed by atoms with van der Waals surface area (Å²) in [4.78, 5) is 0. The number of rotatable bonds is 7. The maximum absolute atomic E-state index is 5.76. The van der Waals surface area contributed by atoms with Crippen molar-refractivity contribution >= 4 is 15.9 Å². The summed E-state index contributed by atoms with van der Waals surface area (Å²) in [5.74, 6) is 0.936. The van der Waals surface area contributed by atoms with Crippen molar-refractivity contribution in [2.45, 2.75) is 40.2 Å². The molecule has 0 radical (unpaired) electrons. The van der Waals surface area contributed by atoms with Gasteiger partial charge in [-0.15, -0.1) is 0 Å². The molecule has 0 bridgehead atoms. The van der Waals surface area contributed by atoms with E-state index in [9.17, 15) is 0 Å². The lowest BCUT2D eigenvalue weighted by atomic mass is 9.89.